The molecule has 6 nitrogen and oxygen atoms in total. The normalized spacial score (nSPS) is 21.9. The largest absolute Gasteiger partial charge is 0.389 e. The SMILES string of the molecule is CC(C)[C@H]1c2ccc(F)cc2CC[C@]1(O)CCN(C)CCCCN1C(=O)CN(C)C(=O)c2ccccc21. The predicted octanol–water partition coefficient (Wildman–Crippen LogP) is 4.46. The molecule has 1 aliphatic carbocycles. The second kappa shape index (κ2) is 11.3. The molecule has 4 rings (SSSR count). The van der Waals surface area contributed by atoms with Crippen LogP contribution in [0.4, 0.5) is 10.1 Å². The Labute approximate surface area is 220 Å². The smallest absolute Gasteiger partial charge is 0.256 e. The van der Waals surface area contributed by atoms with E-state index in [-0.39, 0.29) is 36.0 Å². The molecule has 2 amide bonds. The highest BCUT2D eigenvalue weighted by molar-refractivity contribution is 6.09. The van der Waals surface area contributed by atoms with Gasteiger partial charge in [-0.2, -0.15) is 0 Å². The molecule has 0 saturated heterocycles. The van der Waals surface area contributed by atoms with Crippen molar-refractivity contribution in [2.24, 2.45) is 5.92 Å². The van der Waals surface area contributed by atoms with E-state index in [9.17, 15) is 19.1 Å². The first kappa shape index (κ1) is 27.3. The topological polar surface area (TPSA) is 64.1 Å². The Morgan fingerprint density at radius 3 is 2.65 bits per heavy atom. The maximum absolute atomic E-state index is 13.8. The van der Waals surface area contributed by atoms with Crippen molar-refractivity contribution < 1.29 is 19.1 Å². The van der Waals surface area contributed by atoms with E-state index in [4.69, 9.17) is 0 Å². The summed E-state index contributed by atoms with van der Waals surface area (Å²) in [5.74, 6) is -0.164. The Kier molecular flexibility index (Phi) is 8.34. The average Bonchev–Trinajstić information content (AvgIpc) is 2.95. The molecule has 1 heterocycles. The first-order chi connectivity index (χ1) is 17.6. The van der Waals surface area contributed by atoms with Crippen LogP contribution in [0.1, 0.15) is 66.9 Å². The van der Waals surface area contributed by atoms with Crippen molar-refractivity contribution in [3.63, 3.8) is 0 Å². The molecule has 0 spiro atoms. The number of likely N-dealkylation sites (N-methyl/N-ethyl adjacent to an activating group) is 1. The number of carbonyl (C=O) groups excluding carboxylic acids is 2. The van der Waals surface area contributed by atoms with Gasteiger partial charge >= 0.3 is 0 Å². The number of hydrogen-bond acceptors (Lipinski definition) is 4. The molecule has 7 heteroatoms. The number of carbonyl (C=O) groups is 2. The van der Waals surface area contributed by atoms with Crippen molar-refractivity contribution in [1.82, 2.24) is 9.80 Å². The minimum absolute atomic E-state index is 0.0137. The number of rotatable bonds is 9. The molecule has 1 aliphatic heterocycles. The van der Waals surface area contributed by atoms with Gasteiger partial charge in [0, 0.05) is 26.1 Å². The van der Waals surface area contributed by atoms with Crippen LogP contribution in [-0.4, -0.2) is 72.6 Å². The Bertz CT molecular complexity index is 1140. The summed E-state index contributed by atoms with van der Waals surface area (Å²) >= 11 is 0. The van der Waals surface area contributed by atoms with E-state index in [2.05, 4.69) is 25.8 Å². The standard InChI is InChI=1S/C30H40FN3O3/c1-21(2)28-24-12-11-23(31)19-22(24)13-14-30(28,37)15-18-32(3)16-7-8-17-34-26-10-6-5-9-25(26)29(36)33(4)20-27(34)35/h5-6,9-12,19,21,28,37H,7-8,13-18,20H2,1-4H3/t28-,30-/m0/s1. The number of anilines is 1. The number of fused-ring (bicyclic) bond motifs is 2. The van der Waals surface area contributed by atoms with Gasteiger partial charge in [-0.3, -0.25) is 9.59 Å². The van der Waals surface area contributed by atoms with Crippen LogP contribution in [0, 0.1) is 11.7 Å². The second-order valence-corrected chi connectivity index (χ2v) is 11.2. The zero-order chi connectivity index (χ0) is 26.7. The van der Waals surface area contributed by atoms with Crippen LogP contribution in [0.3, 0.4) is 0 Å². The van der Waals surface area contributed by atoms with Gasteiger partial charge in [-0.05, 0) is 87.0 Å². The third-order valence-electron chi connectivity index (χ3n) is 8.06. The summed E-state index contributed by atoms with van der Waals surface area (Å²) in [6.07, 6.45) is 3.72. The van der Waals surface area contributed by atoms with Gasteiger partial charge in [0.2, 0.25) is 5.91 Å². The van der Waals surface area contributed by atoms with Gasteiger partial charge < -0.3 is 19.8 Å². The lowest BCUT2D eigenvalue weighted by molar-refractivity contribution is -0.119. The van der Waals surface area contributed by atoms with Crippen LogP contribution >= 0.6 is 0 Å². The summed E-state index contributed by atoms with van der Waals surface area (Å²) in [6.45, 7) is 6.53. The second-order valence-electron chi connectivity index (χ2n) is 11.2. The third-order valence-corrected chi connectivity index (χ3v) is 8.06. The number of nitrogens with zero attached hydrogens (tertiary/aromatic N) is 3. The molecule has 2 aliphatic rings. The quantitative estimate of drug-likeness (QED) is 0.507. The molecule has 0 unspecified atom stereocenters. The van der Waals surface area contributed by atoms with Gasteiger partial charge in [-0.25, -0.2) is 4.39 Å². The Morgan fingerprint density at radius 2 is 1.89 bits per heavy atom. The van der Waals surface area contributed by atoms with Crippen molar-refractivity contribution in [2.75, 3.05) is 45.2 Å². The van der Waals surface area contributed by atoms with Crippen molar-refractivity contribution in [1.29, 1.82) is 0 Å². The van der Waals surface area contributed by atoms with Crippen molar-refractivity contribution in [3.05, 3.63) is 65.0 Å². The number of hydrogen-bond donors (Lipinski definition) is 1. The summed E-state index contributed by atoms with van der Waals surface area (Å²) in [4.78, 5) is 30.9. The first-order valence-electron chi connectivity index (χ1n) is 13.4. The zero-order valence-electron chi connectivity index (χ0n) is 22.5. The third kappa shape index (κ3) is 5.88. The van der Waals surface area contributed by atoms with Gasteiger partial charge in [0.25, 0.3) is 5.91 Å². The maximum Gasteiger partial charge on any atom is 0.256 e. The first-order valence-corrected chi connectivity index (χ1v) is 13.4. The van der Waals surface area contributed by atoms with Gasteiger partial charge in [0.1, 0.15) is 12.4 Å². The molecule has 2 aromatic carbocycles. The van der Waals surface area contributed by atoms with E-state index in [0.717, 1.165) is 37.1 Å². The Hall–Kier alpha value is -2.77. The lowest BCUT2D eigenvalue weighted by atomic mass is 9.66. The number of aryl methyl sites for hydroxylation is 1. The summed E-state index contributed by atoms with van der Waals surface area (Å²) < 4.78 is 13.8. The predicted molar refractivity (Wildman–Crippen MR) is 144 cm³/mol. The number of aliphatic hydroxyl groups is 1. The highest BCUT2D eigenvalue weighted by atomic mass is 19.1. The van der Waals surface area contributed by atoms with Gasteiger partial charge in [-0.15, -0.1) is 0 Å². The van der Waals surface area contributed by atoms with Gasteiger partial charge in [0.05, 0.1) is 16.9 Å². The Balaban J connectivity index is 1.31. The van der Waals surface area contributed by atoms with Crippen molar-refractivity contribution >= 4 is 17.5 Å². The maximum atomic E-state index is 13.8. The number of halogens is 1. The van der Waals surface area contributed by atoms with E-state index in [1.54, 1.807) is 24.1 Å². The summed E-state index contributed by atoms with van der Waals surface area (Å²) in [5.41, 5.74) is 2.55. The molecule has 2 atom stereocenters. The number of para-hydroxylation sites is 1. The van der Waals surface area contributed by atoms with Crippen LogP contribution < -0.4 is 4.90 Å². The van der Waals surface area contributed by atoms with Gasteiger partial charge in [-0.1, -0.05) is 32.0 Å². The lowest BCUT2D eigenvalue weighted by Crippen LogP contribution is -2.45. The van der Waals surface area contributed by atoms with E-state index in [1.165, 1.54) is 11.0 Å². The molecule has 0 saturated carbocycles. The van der Waals surface area contributed by atoms with E-state index < -0.39 is 5.60 Å². The minimum Gasteiger partial charge on any atom is -0.389 e. The summed E-state index contributed by atoms with van der Waals surface area (Å²) in [7, 11) is 3.73. The molecule has 200 valence electrons. The number of amides is 2. The van der Waals surface area contributed by atoms with E-state index >= 15 is 0 Å². The average molecular weight is 510 g/mol. The molecule has 37 heavy (non-hydrogen) atoms. The van der Waals surface area contributed by atoms with Crippen LogP contribution in [0.2, 0.25) is 0 Å². The van der Waals surface area contributed by atoms with Crippen LogP contribution in [-0.2, 0) is 11.2 Å². The van der Waals surface area contributed by atoms with E-state index in [0.29, 0.717) is 37.1 Å². The highest BCUT2D eigenvalue weighted by Gasteiger charge is 2.43. The summed E-state index contributed by atoms with van der Waals surface area (Å²) in [6, 6.07) is 12.3. The molecular weight excluding hydrogens is 469 g/mol. The number of unbranched alkanes of at least 4 members (excludes halogenated alkanes) is 1. The lowest BCUT2D eigenvalue weighted by Gasteiger charge is -2.44. The summed E-state index contributed by atoms with van der Waals surface area (Å²) in [5, 5.41) is 11.7. The molecular formula is C30H40FN3O3. The highest BCUT2D eigenvalue weighted by Crippen LogP contribution is 2.45. The molecule has 0 radical (unpaired) electrons. The monoisotopic (exact) mass is 509 g/mol. The fourth-order valence-corrected chi connectivity index (χ4v) is 6.13. The van der Waals surface area contributed by atoms with E-state index in [1.807, 2.05) is 24.3 Å². The van der Waals surface area contributed by atoms with Crippen LogP contribution in [0.5, 0.6) is 0 Å². The number of benzene rings is 2. The minimum atomic E-state index is -0.812. The fraction of sp³-hybridized carbons (Fsp3) is 0.533. The fourth-order valence-electron chi connectivity index (χ4n) is 6.13. The molecule has 0 aromatic heterocycles. The zero-order valence-corrected chi connectivity index (χ0v) is 22.5. The van der Waals surface area contributed by atoms with Crippen molar-refractivity contribution in [3.8, 4) is 0 Å². The molecule has 1 N–H and O–H groups in total. The molecule has 0 fully saturated rings. The molecule has 2 aromatic rings. The van der Waals surface area contributed by atoms with Gasteiger partial charge in [0.15, 0.2) is 0 Å². The Morgan fingerprint density at radius 1 is 1.14 bits per heavy atom. The molecule has 0 bridgehead atoms. The van der Waals surface area contributed by atoms with Crippen molar-refractivity contribution in [2.45, 2.75) is 57.5 Å². The van der Waals surface area contributed by atoms with Crippen LogP contribution in [0.25, 0.3) is 0 Å². The van der Waals surface area contributed by atoms with Crippen LogP contribution in [0.15, 0.2) is 42.5 Å².